The lowest BCUT2D eigenvalue weighted by molar-refractivity contribution is -0.384. The molecular formula is C20H15N5O4. The average Bonchev–Trinajstić information content (AvgIpc) is 3.18. The van der Waals surface area contributed by atoms with E-state index in [1.54, 1.807) is 35.9 Å². The molecule has 9 heteroatoms. The summed E-state index contributed by atoms with van der Waals surface area (Å²) < 4.78 is 1.77. The van der Waals surface area contributed by atoms with Gasteiger partial charge in [-0.15, -0.1) is 0 Å². The molecule has 1 unspecified atom stereocenters. The number of fused-ring (bicyclic) bond motifs is 1. The van der Waals surface area contributed by atoms with Gasteiger partial charge in [0.2, 0.25) is 0 Å². The lowest BCUT2D eigenvalue weighted by Gasteiger charge is -2.22. The van der Waals surface area contributed by atoms with E-state index >= 15 is 0 Å². The molecule has 1 aliphatic heterocycles. The number of non-ortho nitro benzene ring substituents is 1. The lowest BCUT2D eigenvalue weighted by Crippen LogP contribution is -2.40. The third-order valence-corrected chi connectivity index (χ3v) is 5.13. The number of hydrogen-bond donors (Lipinski definition) is 1. The molecular weight excluding hydrogens is 374 g/mol. The summed E-state index contributed by atoms with van der Waals surface area (Å²) in [6.45, 7) is 1.49. The molecule has 0 bridgehead atoms. The number of nitro benzene ring substituents is 1. The molecule has 1 aliphatic rings. The molecule has 0 spiro atoms. The highest BCUT2D eigenvalue weighted by Crippen LogP contribution is 2.31. The molecule has 3 amide bonds. The molecule has 1 fully saturated rings. The second-order valence-electron chi connectivity index (χ2n) is 6.88. The van der Waals surface area contributed by atoms with Crippen molar-refractivity contribution in [2.45, 2.75) is 19.0 Å². The molecule has 3 aromatic rings. The number of nitrogens with one attached hydrogen (secondary N) is 1. The van der Waals surface area contributed by atoms with E-state index in [0.717, 1.165) is 4.90 Å². The van der Waals surface area contributed by atoms with Gasteiger partial charge in [0, 0.05) is 30.1 Å². The Morgan fingerprint density at radius 3 is 2.59 bits per heavy atom. The fraction of sp³-hybridized carbons (Fsp3) is 0.150. The fourth-order valence-corrected chi connectivity index (χ4v) is 3.55. The molecule has 144 valence electrons. The Kier molecular flexibility index (Phi) is 4.05. The van der Waals surface area contributed by atoms with Gasteiger partial charge in [0.05, 0.1) is 22.5 Å². The number of hydrogen-bond acceptors (Lipinski definition) is 5. The quantitative estimate of drug-likeness (QED) is 0.418. The van der Waals surface area contributed by atoms with Crippen LogP contribution in [0.1, 0.15) is 23.6 Å². The second-order valence-corrected chi connectivity index (χ2v) is 6.88. The van der Waals surface area contributed by atoms with E-state index in [1.165, 1.54) is 24.3 Å². The number of nitrogens with zero attached hydrogens (tertiary/aromatic N) is 4. The molecule has 4 rings (SSSR count). The zero-order valence-electron chi connectivity index (χ0n) is 15.3. The van der Waals surface area contributed by atoms with Crippen molar-refractivity contribution in [1.29, 1.82) is 5.26 Å². The normalized spacial score (nSPS) is 18.7. The summed E-state index contributed by atoms with van der Waals surface area (Å²) in [5.41, 5.74) is 0.621. The number of rotatable bonds is 4. The summed E-state index contributed by atoms with van der Waals surface area (Å²) in [6, 6.07) is 12.4. The van der Waals surface area contributed by atoms with Gasteiger partial charge in [0.15, 0.2) is 0 Å². The van der Waals surface area contributed by atoms with Crippen LogP contribution in [0.3, 0.4) is 0 Å². The Balaban J connectivity index is 1.67. The standard InChI is InChI=1S/C20H15N5O4/c1-20(14-5-7-15(8-6-14)25(28)29)18(26)24(19(27)22-20)12-13-11-23-9-3-2-4-17(23)16(13)10-21/h2-9,11H,12H2,1H3,(H,22,27). The molecule has 1 saturated heterocycles. The van der Waals surface area contributed by atoms with Crippen LogP contribution in [-0.4, -0.2) is 26.2 Å². The van der Waals surface area contributed by atoms with Crippen molar-refractivity contribution >= 4 is 23.1 Å². The summed E-state index contributed by atoms with van der Waals surface area (Å²) in [5, 5.41) is 23.1. The Morgan fingerprint density at radius 1 is 1.21 bits per heavy atom. The van der Waals surface area contributed by atoms with E-state index < -0.39 is 22.4 Å². The Labute approximate surface area is 164 Å². The second kappa shape index (κ2) is 6.45. The molecule has 29 heavy (non-hydrogen) atoms. The van der Waals surface area contributed by atoms with Crippen molar-refractivity contribution in [2.24, 2.45) is 0 Å². The number of amides is 3. The highest BCUT2D eigenvalue weighted by molar-refractivity contribution is 6.07. The van der Waals surface area contributed by atoms with Crippen LogP contribution in [-0.2, 0) is 16.9 Å². The number of benzene rings is 1. The first-order valence-electron chi connectivity index (χ1n) is 8.73. The van der Waals surface area contributed by atoms with Crippen LogP contribution in [0.15, 0.2) is 54.9 Å². The van der Waals surface area contributed by atoms with Crippen LogP contribution >= 0.6 is 0 Å². The van der Waals surface area contributed by atoms with Crippen LogP contribution in [0.25, 0.3) is 5.52 Å². The summed E-state index contributed by atoms with van der Waals surface area (Å²) >= 11 is 0. The number of carbonyl (C=O) groups excluding carboxylic acids is 2. The Hall–Kier alpha value is -4.19. The van der Waals surface area contributed by atoms with E-state index in [-0.39, 0.29) is 12.2 Å². The molecule has 9 nitrogen and oxygen atoms in total. The van der Waals surface area contributed by atoms with Crippen LogP contribution < -0.4 is 5.32 Å². The van der Waals surface area contributed by atoms with Crippen LogP contribution in [0, 0.1) is 21.4 Å². The highest BCUT2D eigenvalue weighted by atomic mass is 16.6. The maximum absolute atomic E-state index is 13.1. The summed E-state index contributed by atoms with van der Waals surface area (Å²) in [4.78, 5) is 37.0. The predicted octanol–water partition coefficient (Wildman–Crippen LogP) is 2.69. The molecule has 0 aliphatic carbocycles. The van der Waals surface area contributed by atoms with Gasteiger partial charge in [-0.1, -0.05) is 6.07 Å². The number of urea groups is 1. The van der Waals surface area contributed by atoms with Crippen molar-refractivity contribution in [1.82, 2.24) is 14.6 Å². The number of nitriles is 1. The van der Waals surface area contributed by atoms with Crippen molar-refractivity contribution < 1.29 is 14.5 Å². The predicted molar refractivity (Wildman–Crippen MR) is 102 cm³/mol. The highest BCUT2D eigenvalue weighted by Gasteiger charge is 2.49. The smallest absolute Gasteiger partial charge is 0.322 e. The van der Waals surface area contributed by atoms with Gasteiger partial charge < -0.3 is 9.72 Å². The van der Waals surface area contributed by atoms with Crippen LogP contribution in [0.5, 0.6) is 0 Å². The number of imide groups is 1. The van der Waals surface area contributed by atoms with E-state index in [9.17, 15) is 25.0 Å². The topological polar surface area (TPSA) is 121 Å². The number of aromatic nitrogens is 1. The van der Waals surface area contributed by atoms with E-state index in [0.29, 0.717) is 22.2 Å². The lowest BCUT2D eigenvalue weighted by atomic mass is 9.92. The molecule has 0 radical (unpaired) electrons. The van der Waals surface area contributed by atoms with Crippen molar-refractivity contribution in [3.63, 3.8) is 0 Å². The van der Waals surface area contributed by atoms with Crippen molar-refractivity contribution in [2.75, 3.05) is 0 Å². The monoisotopic (exact) mass is 389 g/mol. The minimum atomic E-state index is -1.35. The van der Waals surface area contributed by atoms with Gasteiger partial charge in [-0.2, -0.15) is 5.26 Å². The van der Waals surface area contributed by atoms with Gasteiger partial charge in [-0.3, -0.25) is 19.8 Å². The molecule has 2 aromatic heterocycles. The number of nitro groups is 1. The van der Waals surface area contributed by atoms with Crippen molar-refractivity contribution in [3.05, 3.63) is 81.7 Å². The largest absolute Gasteiger partial charge is 0.325 e. The third-order valence-electron chi connectivity index (χ3n) is 5.13. The zero-order valence-corrected chi connectivity index (χ0v) is 15.3. The van der Waals surface area contributed by atoms with Gasteiger partial charge >= 0.3 is 6.03 Å². The third kappa shape index (κ3) is 2.78. The van der Waals surface area contributed by atoms with Gasteiger partial charge in [0.25, 0.3) is 11.6 Å². The molecule has 1 N–H and O–H groups in total. The van der Waals surface area contributed by atoms with E-state index in [2.05, 4.69) is 11.4 Å². The van der Waals surface area contributed by atoms with Crippen LogP contribution in [0.4, 0.5) is 10.5 Å². The van der Waals surface area contributed by atoms with Gasteiger partial charge in [-0.05, 0) is 36.8 Å². The van der Waals surface area contributed by atoms with E-state index in [1.807, 2.05) is 6.07 Å². The Bertz CT molecular complexity index is 1210. The minimum absolute atomic E-state index is 0.0577. The van der Waals surface area contributed by atoms with Gasteiger partial charge in [0.1, 0.15) is 11.6 Å². The molecule has 0 saturated carbocycles. The average molecular weight is 389 g/mol. The maximum atomic E-state index is 13.1. The fourth-order valence-electron chi connectivity index (χ4n) is 3.55. The first-order valence-corrected chi connectivity index (χ1v) is 8.73. The summed E-state index contributed by atoms with van der Waals surface area (Å²) in [5.74, 6) is -0.490. The SMILES string of the molecule is CC1(c2ccc([N+](=O)[O-])cc2)NC(=O)N(Cc2cn3ccccc3c2C#N)C1=O. The number of carbonyl (C=O) groups is 2. The Morgan fingerprint density at radius 2 is 1.93 bits per heavy atom. The molecule has 1 aromatic carbocycles. The summed E-state index contributed by atoms with van der Waals surface area (Å²) in [7, 11) is 0. The van der Waals surface area contributed by atoms with Crippen LogP contribution in [0.2, 0.25) is 0 Å². The maximum Gasteiger partial charge on any atom is 0.325 e. The zero-order chi connectivity index (χ0) is 20.8. The first kappa shape index (κ1) is 18.2. The minimum Gasteiger partial charge on any atom is -0.322 e. The van der Waals surface area contributed by atoms with E-state index in [4.69, 9.17) is 0 Å². The van der Waals surface area contributed by atoms with Crippen molar-refractivity contribution in [3.8, 4) is 6.07 Å². The first-order chi connectivity index (χ1) is 13.8. The molecule has 1 atom stereocenters. The van der Waals surface area contributed by atoms with Gasteiger partial charge in [-0.25, -0.2) is 4.79 Å². The summed E-state index contributed by atoms with van der Waals surface area (Å²) in [6.07, 6.45) is 3.50. The molecule has 3 heterocycles. The number of pyridine rings is 1.